The van der Waals surface area contributed by atoms with Gasteiger partial charge in [-0.05, 0) is 36.3 Å². The van der Waals surface area contributed by atoms with E-state index in [-0.39, 0.29) is 30.2 Å². The Bertz CT molecular complexity index is 1070. The number of carbonyl (C=O) groups is 2. The second kappa shape index (κ2) is 9.66. The van der Waals surface area contributed by atoms with Gasteiger partial charge in [-0.3, -0.25) is 9.59 Å². The van der Waals surface area contributed by atoms with E-state index in [1.165, 1.54) is 30.4 Å². The molecule has 0 bridgehead atoms. The van der Waals surface area contributed by atoms with Crippen LogP contribution < -0.4 is 9.47 Å². The molecule has 33 heavy (non-hydrogen) atoms. The second-order valence-electron chi connectivity index (χ2n) is 7.75. The summed E-state index contributed by atoms with van der Waals surface area (Å²) in [6, 6.07) is 10.8. The first-order valence-corrected chi connectivity index (χ1v) is 10.5. The monoisotopic (exact) mass is 461 g/mol. The molecule has 1 saturated heterocycles. The summed E-state index contributed by atoms with van der Waals surface area (Å²) in [5.74, 6) is 0.140. The quantitative estimate of drug-likeness (QED) is 0.608. The van der Waals surface area contributed by atoms with E-state index in [0.717, 1.165) is 5.56 Å². The number of Topliss-reactive ketones (excluding diaryl/α,β-unsaturated/α-hetero) is 1. The zero-order chi connectivity index (χ0) is 23.4. The average Bonchev–Trinajstić information content (AvgIpc) is 3.17. The van der Waals surface area contributed by atoms with Crippen molar-refractivity contribution in [2.24, 2.45) is 0 Å². The fourth-order valence-electron chi connectivity index (χ4n) is 3.88. The third kappa shape index (κ3) is 5.92. The topological polar surface area (TPSA) is 65.1 Å². The van der Waals surface area contributed by atoms with E-state index in [9.17, 15) is 22.8 Å². The SMILES string of the molecule is O=C1CCc2c(OCC3CN(C(=O)C=Cc4cccc(OC(F)(F)F)c4)CCO3)cccc21. The lowest BCUT2D eigenvalue weighted by atomic mass is 10.1. The van der Waals surface area contributed by atoms with Gasteiger partial charge >= 0.3 is 6.36 Å². The molecule has 0 aromatic heterocycles. The van der Waals surface area contributed by atoms with Crippen LogP contribution in [0.4, 0.5) is 13.2 Å². The Morgan fingerprint density at radius 3 is 2.82 bits per heavy atom. The Balaban J connectivity index is 1.33. The Hall–Kier alpha value is -3.33. The summed E-state index contributed by atoms with van der Waals surface area (Å²) in [6.45, 7) is 1.28. The number of halogens is 3. The summed E-state index contributed by atoms with van der Waals surface area (Å²) in [6.07, 6.45) is -1.23. The zero-order valence-corrected chi connectivity index (χ0v) is 17.6. The molecule has 174 valence electrons. The van der Waals surface area contributed by atoms with Crippen LogP contribution in [-0.2, 0) is 16.0 Å². The van der Waals surface area contributed by atoms with E-state index >= 15 is 0 Å². The van der Waals surface area contributed by atoms with E-state index in [4.69, 9.17) is 9.47 Å². The molecule has 4 rings (SSSR count). The molecule has 0 saturated carbocycles. The molecule has 0 N–H and O–H groups in total. The van der Waals surface area contributed by atoms with Gasteiger partial charge in [0.15, 0.2) is 5.78 Å². The number of ketones is 1. The highest BCUT2D eigenvalue weighted by Crippen LogP contribution is 2.30. The Labute approximate surface area is 188 Å². The molecule has 1 aliphatic heterocycles. The molecule has 1 aliphatic carbocycles. The van der Waals surface area contributed by atoms with Crippen molar-refractivity contribution in [2.45, 2.75) is 25.3 Å². The molecule has 0 radical (unpaired) electrons. The normalized spacial score (nSPS) is 18.5. The third-order valence-corrected chi connectivity index (χ3v) is 5.42. The minimum atomic E-state index is -4.78. The number of ether oxygens (including phenoxy) is 3. The number of carbonyl (C=O) groups excluding carboxylic acids is 2. The van der Waals surface area contributed by atoms with E-state index in [0.29, 0.717) is 49.4 Å². The number of rotatable bonds is 6. The Kier molecular flexibility index (Phi) is 6.69. The van der Waals surface area contributed by atoms with Gasteiger partial charge in [0, 0.05) is 30.2 Å². The smallest absolute Gasteiger partial charge is 0.491 e. The van der Waals surface area contributed by atoms with Gasteiger partial charge in [-0.2, -0.15) is 0 Å². The highest BCUT2D eigenvalue weighted by molar-refractivity contribution is 6.01. The van der Waals surface area contributed by atoms with Gasteiger partial charge in [-0.1, -0.05) is 24.3 Å². The lowest BCUT2D eigenvalue weighted by molar-refractivity contribution is -0.274. The predicted molar refractivity (Wildman–Crippen MR) is 113 cm³/mol. The van der Waals surface area contributed by atoms with Gasteiger partial charge in [0.05, 0.1) is 13.2 Å². The largest absolute Gasteiger partial charge is 0.573 e. The number of amides is 1. The standard InChI is InChI=1S/C24H22F3NO5/c25-24(26,27)33-17-4-1-3-16(13-17)7-10-23(30)28-11-12-31-18(14-28)15-32-22-6-2-5-19-20(22)8-9-21(19)29/h1-7,10,13,18H,8-9,11-12,14-15H2. The summed E-state index contributed by atoms with van der Waals surface area (Å²) in [4.78, 5) is 26.1. The van der Waals surface area contributed by atoms with Crippen LogP contribution in [0.3, 0.4) is 0 Å². The molecule has 6 nitrogen and oxygen atoms in total. The molecule has 1 fully saturated rings. The maximum atomic E-state index is 12.6. The van der Waals surface area contributed by atoms with Gasteiger partial charge in [0.25, 0.3) is 0 Å². The minimum Gasteiger partial charge on any atom is -0.491 e. The van der Waals surface area contributed by atoms with Crippen LogP contribution in [0.15, 0.2) is 48.5 Å². The van der Waals surface area contributed by atoms with E-state index in [1.54, 1.807) is 23.1 Å². The summed E-state index contributed by atoms with van der Waals surface area (Å²) in [5.41, 5.74) is 2.01. The van der Waals surface area contributed by atoms with Crippen LogP contribution in [0.25, 0.3) is 6.08 Å². The van der Waals surface area contributed by atoms with Gasteiger partial charge in [0.1, 0.15) is 24.2 Å². The molecule has 9 heteroatoms. The number of hydrogen-bond acceptors (Lipinski definition) is 5. The average molecular weight is 461 g/mol. The molecule has 2 aliphatic rings. The molecule has 2 aromatic rings. The number of alkyl halides is 3. The van der Waals surface area contributed by atoms with Crippen LogP contribution in [0, 0.1) is 0 Å². The van der Waals surface area contributed by atoms with Crippen molar-refractivity contribution in [3.05, 3.63) is 65.2 Å². The highest BCUT2D eigenvalue weighted by atomic mass is 19.4. The van der Waals surface area contributed by atoms with Crippen molar-refractivity contribution >= 4 is 17.8 Å². The fourth-order valence-corrected chi connectivity index (χ4v) is 3.88. The van der Waals surface area contributed by atoms with Crippen molar-refractivity contribution < 1.29 is 37.0 Å². The number of nitrogens with zero attached hydrogens (tertiary/aromatic N) is 1. The minimum absolute atomic E-state index is 0.114. The first-order chi connectivity index (χ1) is 15.8. The van der Waals surface area contributed by atoms with Crippen LogP contribution in [0.1, 0.15) is 27.9 Å². The van der Waals surface area contributed by atoms with Crippen molar-refractivity contribution in [2.75, 3.05) is 26.3 Å². The Morgan fingerprint density at radius 1 is 1.18 bits per heavy atom. The molecule has 1 atom stereocenters. The summed E-state index contributed by atoms with van der Waals surface area (Å²) >= 11 is 0. The van der Waals surface area contributed by atoms with Gasteiger partial charge in [-0.15, -0.1) is 13.2 Å². The number of morpholine rings is 1. The zero-order valence-electron chi connectivity index (χ0n) is 17.6. The van der Waals surface area contributed by atoms with E-state index in [1.807, 2.05) is 6.07 Å². The van der Waals surface area contributed by atoms with Crippen molar-refractivity contribution in [3.63, 3.8) is 0 Å². The maximum absolute atomic E-state index is 12.6. The fraction of sp³-hybridized carbons (Fsp3) is 0.333. The van der Waals surface area contributed by atoms with Crippen LogP contribution in [0.2, 0.25) is 0 Å². The molecular formula is C24H22F3NO5. The summed E-state index contributed by atoms with van der Waals surface area (Å²) in [5, 5.41) is 0. The lowest BCUT2D eigenvalue weighted by Gasteiger charge is -2.32. The molecule has 1 heterocycles. The number of benzene rings is 2. The second-order valence-corrected chi connectivity index (χ2v) is 7.75. The van der Waals surface area contributed by atoms with E-state index < -0.39 is 6.36 Å². The molecule has 1 amide bonds. The highest BCUT2D eigenvalue weighted by Gasteiger charge is 2.31. The van der Waals surface area contributed by atoms with Crippen LogP contribution in [0.5, 0.6) is 11.5 Å². The van der Waals surface area contributed by atoms with Gasteiger partial charge in [-0.25, -0.2) is 0 Å². The lowest BCUT2D eigenvalue weighted by Crippen LogP contribution is -2.47. The molecule has 1 unspecified atom stereocenters. The third-order valence-electron chi connectivity index (χ3n) is 5.42. The van der Waals surface area contributed by atoms with Gasteiger partial charge < -0.3 is 19.1 Å². The van der Waals surface area contributed by atoms with Crippen molar-refractivity contribution in [3.8, 4) is 11.5 Å². The van der Waals surface area contributed by atoms with Crippen molar-refractivity contribution in [1.82, 2.24) is 4.90 Å². The molecule has 0 spiro atoms. The van der Waals surface area contributed by atoms with Crippen molar-refractivity contribution in [1.29, 1.82) is 0 Å². The number of fused-ring (bicyclic) bond motifs is 1. The first-order valence-electron chi connectivity index (χ1n) is 10.5. The molecule has 2 aromatic carbocycles. The Morgan fingerprint density at radius 2 is 2.00 bits per heavy atom. The maximum Gasteiger partial charge on any atom is 0.573 e. The predicted octanol–water partition coefficient (Wildman–Crippen LogP) is 4.03. The van der Waals surface area contributed by atoms with Gasteiger partial charge in [0.2, 0.25) is 5.91 Å². The number of hydrogen-bond donors (Lipinski definition) is 0. The van der Waals surface area contributed by atoms with E-state index in [2.05, 4.69) is 4.74 Å². The van der Waals surface area contributed by atoms with Crippen LogP contribution >= 0.6 is 0 Å². The first kappa shape index (κ1) is 22.8. The van der Waals surface area contributed by atoms with Crippen LogP contribution in [-0.4, -0.2) is 55.4 Å². The molecular weight excluding hydrogens is 439 g/mol. The summed E-state index contributed by atoms with van der Waals surface area (Å²) in [7, 11) is 0. The summed E-state index contributed by atoms with van der Waals surface area (Å²) < 4.78 is 52.7.